The molecule has 1 aromatic rings. The summed E-state index contributed by atoms with van der Waals surface area (Å²) in [4.78, 5) is 1.35. The maximum atomic E-state index is 5.49. The summed E-state index contributed by atoms with van der Waals surface area (Å²) in [6, 6.07) is 2.11. The van der Waals surface area contributed by atoms with Crippen LogP contribution in [0.15, 0.2) is 11.4 Å². The molecule has 0 radical (unpaired) electrons. The first kappa shape index (κ1) is 7.72. The average Bonchev–Trinajstić information content (AvgIpc) is 2.15. The Morgan fingerprint density at radius 1 is 1.70 bits per heavy atom. The van der Waals surface area contributed by atoms with Gasteiger partial charge in [-0.3, -0.25) is 5.84 Å². The smallest absolute Gasteiger partial charge is 0.0472 e. The molecule has 0 fully saturated rings. The zero-order chi connectivity index (χ0) is 7.56. The number of aryl methyl sites for hydroxylation is 1. The van der Waals surface area contributed by atoms with Crippen molar-refractivity contribution >= 4 is 11.3 Å². The fraction of sp³-hybridized carbons (Fsp3) is 0.429. The lowest BCUT2D eigenvalue weighted by Crippen LogP contribution is -2.24. The van der Waals surface area contributed by atoms with Gasteiger partial charge in [-0.25, -0.2) is 5.01 Å². The summed E-state index contributed by atoms with van der Waals surface area (Å²) >= 11 is 1.76. The normalized spacial score (nSPS) is 10.8. The molecule has 0 saturated carbocycles. The van der Waals surface area contributed by atoms with E-state index in [-0.39, 0.29) is 0 Å². The largest absolute Gasteiger partial charge is 0.269 e. The number of rotatable bonds is 2. The van der Waals surface area contributed by atoms with Crippen LogP contribution in [0.3, 0.4) is 0 Å². The van der Waals surface area contributed by atoms with E-state index in [0.29, 0.717) is 0 Å². The minimum atomic E-state index is 0.851. The van der Waals surface area contributed by atoms with E-state index in [1.54, 1.807) is 16.3 Å². The zero-order valence-electron chi connectivity index (χ0n) is 6.29. The quantitative estimate of drug-likeness (QED) is 0.517. The molecule has 1 heterocycles. The van der Waals surface area contributed by atoms with E-state index >= 15 is 0 Å². The van der Waals surface area contributed by atoms with Crippen molar-refractivity contribution in [3.63, 3.8) is 0 Å². The van der Waals surface area contributed by atoms with Gasteiger partial charge < -0.3 is 0 Å². The van der Waals surface area contributed by atoms with Crippen molar-refractivity contribution in [2.24, 2.45) is 5.84 Å². The predicted octanol–water partition coefficient (Wildman–Crippen LogP) is 1.36. The van der Waals surface area contributed by atoms with E-state index in [2.05, 4.69) is 18.4 Å². The van der Waals surface area contributed by atoms with E-state index in [1.807, 2.05) is 7.05 Å². The SMILES string of the molecule is Cc1ccsc1CN(C)N. The molecular formula is C7H12N2S. The Hall–Kier alpha value is -0.380. The molecule has 0 aliphatic rings. The van der Waals surface area contributed by atoms with Gasteiger partial charge in [-0.15, -0.1) is 11.3 Å². The van der Waals surface area contributed by atoms with Crippen LogP contribution in [0.25, 0.3) is 0 Å². The van der Waals surface area contributed by atoms with E-state index in [1.165, 1.54) is 10.4 Å². The summed E-state index contributed by atoms with van der Waals surface area (Å²) in [5, 5.41) is 3.78. The summed E-state index contributed by atoms with van der Waals surface area (Å²) in [6.07, 6.45) is 0. The van der Waals surface area contributed by atoms with Gasteiger partial charge in [0.15, 0.2) is 0 Å². The van der Waals surface area contributed by atoms with Crippen LogP contribution in [0.5, 0.6) is 0 Å². The van der Waals surface area contributed by atoms with Gasteiger partial charge >= 0.3 is 0 Å². The summed E-state index contributed by atoms with van der Waals surface area (Å²) in [5.74, 6) is 5.49. The Bertz CT molecular complexity index is 205. The molecule has 1 aromatic heterocycles. The second-order valence-electron chi connectivity index (χ2n) is 2.44. The topological polar surface area (TPSA) is 29.3 Å². The van der Waals surface area contributed by atoms with Crippen LogP contribution >= 0.6 is 11.3 Å². The van der Waals surface area contributed by atoms with Crippen molar-refractivity contribution in [3.8, 4) is 0 Å². The molecule has 0 amide bonds. The van der Waals surface area contributed by atoms with Crippen molar-refractivity contribution < 1.29 is 0 Å². The summed E-state index contributed by atoms with van der Waals surface area (Å²) in [6.45, 7) is 2.96. The Balaban J connectivity index is 2.65. The first-order valence-corrected chi connectivity index (χ1v) is 4.07. The third kappa shape index (κ3) is 1.80. The highest BCUT2D eigenvalue weighted by atomic mass is 32.1. The van der Waals surface area contributed by atoms with Crippen LogP contribution in [0.2, 0.25) is 0 Å². The summed E-state index contributed by atoms with van der Waals surface area (Å²) in [7, 11) is 1.87. The van der Waals surface area contributed by atoms with Crippen LogP contribution in [0.1, 0.15) is 10.4 Å². The highest BCUT2D eigenvalue weighted by Crippen LogP contribution is 2.15. The molecule has 3 heteroatoms. The Kier molecular flexibility index (Phi) is 2.43. The van der Waals surface area contributed by atoms with Crippen LogP contribution in [-0.2, 0) is 6.54 Å². The molecule has 56 valence electrons. The number of hydrogen-bond acceptors (Lipinski definition) is 3. The van der Waals surface area contributed by atoms with Gasteiger partial charge in [0, 0.05) is 18.5 Å². The van der Waals surface area contributed by atoms with Gasteiger partial charge in [-0.05, 0) is 23.9 Å². The molecule has 10 heavy (non-hydrogen) atoms. The molecule has 2 nitrogen and oxygen atoms in total. The van der Waals surface area contributed by atoms with Crippen molar-refractivity contribution in [1.82, 2.24) is 5.01 Å². The maximum Gasteiger partial charge on any atom is 0.0472 e. The molecule has 0 spiro atoms. The molecule has 0 atom stereocenters. The van der Waals surface area contributed by atoms with Crippen molar-refractivity contribution in [3.05, 3.63) is 21.9 Å². The van der Waals surface area contributed by atoms with E-state index in [0.717, 1.165) is 6.54 Å². The third-order valence-electron chi connectivity index (χ3n) is 1.36. The summed E-state index contributed by atoms with van der Waals surface area (Å²) in [5.41, 5.74) is 1.34. The van der Waals surface area contributed by atoms with Crippen LogP contribution in [0, 0.1) is 6.92 Å². The third-order valence-corrected chi connectivity index (χ3v) is 2.37. The first-order valence-electron chi connectivity index (χ1n) is 3.19. The number of hydrazine groups is 1. The molecule has 0 unspecified atom stereocenters. The van der Waals surface area contributed by atoms with Gasteiger partial charge in [0.2, 0.25) is 0 Å². The maximum absolute atomic E-state index is 5.49. The second-order valence-corrected chi connectivity index (χ2v) is 3.44. The van der Waals surface area contributed by atoms with E-state index in [4.69, 9.17) is 5.84 Å². The average molecular weight is 156 g/mol. The number of nitrogens with two attached hydrogens (primary N) is 1. The predicted molar refractivity (Wildman–Crippen MR) is 44.7 cm³/mol. The molecule has 2 N–H and O–H groups in total. The first-order chi connectivity index (χ1) is 4.70. The molecular weight excluding hydrogens is 144 g/mol. The fourth-order valence-corrected chi connectivity index (χ4v) is 1.76. The monoisotopic (exact) mass is 156 g/mol. The summed E-state index contributed by atoms with van der Waals surface area (Å²) < 4.78 is 0. The van der Waals surface area contributed by atoms with E-state index < -0.39 is 0 Å². The highest BCUT2D eigenvalue weighted by molar-refractivity contribution is 7.10. The van der Waals surface area contributed by atoms with Crippen LogP contribution in [0.4, 0.5) is 0 Å². The minimum Gasteiger partial charge on any atom is -0.269 e. The molecule has 0 bridgehead atoms. The van der Waals surface area contributed by atoms with Crippen molar-refractivity contribution in [2.45, 2.75) is 13.5 Å². The lowest BCUT2D eigenvalue weighted by atomic mass is 10.3. The highest BCUT2D eigenvalue weighted by Gasteiger charge is 1.99. The number of thiophene rings is 1. The number of hydrogen-bond donors (Lipinski definition) is 1. The van der Waals surface area contributed by atoms with Gasteiger partial charge in [-0.1, -0.05) is 0 Å². The van der Waals surface area contributed by atoms with Crippen LogP contribution < -0.4 is 5.84 Å². The minimum absolute atomic E-state index is 0.851. The van der Waals surface area contributed by atoms with Crippen molar-refractivity contribution in [2.75, 3.05) is 7.05 Å². The molecule has 1 rings (SSSR count). The molecule has 0 aromatic carbocycles. The van der Waals surface area contributed by atoms with Crippen molar-refractivity contribution in [1.29, 1.82) is 0 Å². The number of nitrogens with zero attached hydrogens (tertiary/aromatic N) is 1. The zero-order valence-corrected chi connectivity index (χ0v) is 7.11. The lowest BCUT2D eigenvalue weighted by Gasteiger charge is -2.07. The fourth-order valence-electron chi connectivity index (χ4n) is 0.793. The Morgan fingerprint density at radius 2 is 2.40 bits per heavy atom. The van der Waals surface area contributed by atoms with Crippen LogP contribution in [-0.4, -0.2) is 12.1 Å². The molecule has 0 aliphatic heterocycles. The van der Waals surface area contributed by atoms with Gasteiger partial charge in [0.05, 0.1) is 0 Å². The Labute approximate surface area is 65.2 Å². The second kappa shape index (κ2) is 3.14. The molecule has 0 saturated heterocycles. The lowest BCUT2D eigenvalue weighted by molar-refractivity contribution is 0.344. The van der Waals surface area contributed by atoms with E-state index in [9.17, 15) is 0 Å². The van der Waals surface area contributed by atoms with Gasteiger partial charge in [0.1, 0.15) is 0 Å². The standard InChI is InChI=1S/C7H12N2S/c1-6-3-4-10-7(6)5-9(2)8/h3-4H,5,8H2,1-2H3. The molecule has 0 aliphatic carbocycles. The van der Waals surface area contributed by atoms with Gasteiger partial charge in [-0.2, -0.15) is 0 Å². The Morgan fingerprint density at radius 3 is 2.80 bits per heavy atom. The van der Waals surface area contributed by atoms with Gasteiger partial charge in [0.25, 0.3) is 0 Å².